The van der Waals surface area contributed by atoms with E-state index in [1.54, 1.807) is 0 Å². The molecule has 0 aliphatic heterocycles. The van der Waals surface area contributed by atoms with Crippen LogP contribution in [-0.2, 0) is 0 Å². The summed E-state index contributed by atoms with van der Waals surface area (Å²) < 4.78 is 53.4. The lowest BCUT2D eigenvalue weighted by Crippen LogP contribution is -2.07. The van der Waals surface area contributed by atoms with Crippen LogP contribution in [0.1, 0.15) is 17.2 Å². The van der Waals surface area contributed by atoms with Crippen molar-refractivity contribution in [3.05, 3.63) is 69.2 Å². The predicted molar refractivity (Wildman–Crippen MR) is 64.5 cm³/mol. The van der Waals surface area contributed by atoms with Crippen LogP contribution < -0.4 is 0 Å². The van der Waals surface area contributed by atoms with Gasteiger partial charge in [0.2, 0.25) is 0 Å². The van der Waals surface area contributed by atoms with Gasteiger partial charge in [-0.1, -0.05) is 28.1 Å². The zero-order valence-corrected chi connectivity index (χ0v) is 10.9. The second-order valence-electron chi connectivity index (χ2n) is 3.83. The summed E-state index contributed by atoms with van der Waals surface area (Å²) in [7, 11) is 0. The Bertz CT molecular complexity index is 630. The maximum Gasteiger partial charge on any atom is 0.194 e. The van der Waals surface area contributed by atoms with Crippen molar-refractivity contribution in [1.82, 2.24) is 0 Å². The van der Waals surface area contributed by atoms with E-state index in [9.17, 15) is 22.7 Å². The number of hydrogen-bond acceptors (Lipinski definition) is 1. The Morgan fingerprint density at radius 1 is 0.842 bits per heavy atom. The second kappa shape index (κ2) is 5.30. The first kappa shape index (κ1) is 14.0. The minimum Gasteiger partial charge on any atom is -0.383 e. The van der Waals surface area contributed by atoms with Gasteiger partial charge >= 0.3 is 0 Å². The van der Waals surface area contributed by atoms with Gasteiger partial charge in [-0.2, -0.15) is 0 Å². The molecule has 0 saturated carbocycles. The van der Waals surface area contributed by atoms with E-state index in [4.69, 9.17) is 0 Å². The average Bonchev–Trinajstić information content (AvgIpc) is 2.35. The molecule has 2 aromatic rings. The molecule has 0 aromatic heterocycles. The highest BCUT2D eigenvalue weighted by molar-refractivity contribution is 9.10. The van der Waals surface area contributed by atoms with Crippen molar-refractivity contribution in [3.8, 4) is 0 Å². The number of benzene rings is 2. The molecule has 0 aliphatic rings. The first-order chi connectivity index (χ1) is 8.91. The lowest BCUT2D eigenvalue weighted by atomic mass is 10.0. The zero-order chi connectivity index (χ0) is 14.2. The third-order valence-electron chi connectivity index (χ3n) is 2.62. The Balaban J connectivity index is 2.50. The summed E-state index contributed by atoms with van der Waals surface area (Å²) in [6, 6.07) is 5.30. The molecule has 1 N–H and O–H groups in total. The van der Waals surface area contributed by atoms with Crippen molar-refractivity contribution in [2.75, 3.05) is 0 Å². The molecule has 0 fully saturated rings. The van der Waals surface area contributed by atoms with Crippen molar-refractivity contribution in [1.29, 1.82) is 0 Å². The lowest BCUT2D eigenvalue weighted by molar-refractivity contribution is 0.207. The Morgan fingerprint density at radius 3 is 2.11 bits per heavy atom. The highest BCUT2D eigenvalue weighted by atomic mass is 79.9. The molecule has 19 heavy (non-hydrogen) atoms. The minimum absolute atomic E-state index is 0.229. The number of aliphatic hydroxyl groups excluding tert-OH is 1. The SMILES string of the molecule is OC(c1ccc(Br)cc1F)c1ccc(F)c(F)c1F. The Morgan fingerprint density at radius 2 is 1.47 bits per heavy atom. The molecular formula is C13H7BrF4O. The van der Waals surface area contributed by atoms with Crippen LogP contribution in [0.15, 0.2) is 34.8 Å². The summed E-state index contributed by atoms with van der Waals surface area (Å²) in [5, 5.41) is 9.88. The van der Waals surface area contributed by atoms with Gasteiger partial charge < -0.3 is 5.11 Å². The summed E-state index contributed by atoms with van der Waals surface area (Å²) in [6.45, 7) is 0. The van der Waals surface area contributed by atoms with Crippen LogP contribution in [0.3, 0.4) is 0 Å². The van der Waals surface area contributed by atoms with Crippen molar-refractivity contribution in [3.63, 3.8) is 0 Å². The molecule has 2 aromatic carbocycles. The number of rotatable bonds is 2. The topological polar surface area (TPSA) is 20.2 Å². The number of halogens is 5. The lowest BCUT2D eigenvalue weighted by Gasteiger charge is -2.14. The van der Waals surface area contributed by atoms with Crippen molar-refractivity contribution in [2.24, 2.45) is 0 Å². The Kier molecular flexibility index (Phi) is 3.91. The van der Waals surface area contributed by atoms with Gasteiger partial charge in [-0.05, 0) is 18.2 Å². The third-order valence-corrected chi connectivity index (χ3v) is 3.11. The van der Waals surface area contributed by atoms with Crippen LogP contribution in [0.5, 0.6) is 0 Å². The van der Waals surface area contributed by atoms with Crippen LogP contribution in [0.25, 0.3) is 0 Å². The van der Waals surface area contributed by atoms with Crippen LogP contribution in [0.4, 0.5) is 17.6 Å². The van der Waals surface area contributed by atoms with Gasteiger partial charge in [0.05, 0.1) is 0 Å². The van der Waals surface area contributed by atoms with Crippen LogP contribution >= 0.6 is 15.9 Å². The van der Waals surface area contributed by atoms with E-state index in [1.165, 1.54) is 12.1 Å². The van der Waals surface area contributed by atoms with Crippen molar-refractivity contribution < 1.29 is 22.7 Å². The van der Waals surface area contributed by atoms with Gasteiger partial charge in [-0.25, -0.2) is 17.6 Å². The first-order valence-electron chi connectivity index (χ1n) is 5.18. The highest BCUT2D eigenvalue weighted by Crippen LogP contribution is 2.29. The van der Waals surface area contributed by atoms with Crippen LogP contribution in [0.2, 0.25) is 0 Å². The minimum atomic E-state index is -1.72. The molecule has 0 saturated heterocycles. The molecule has 0 amide bonds. The number of hydrogen-bond donors (Lipinski definition) is 1. The van der Waals surface area contributed by atoms with Gasteiger partial charge in [0.15, 0.2) is 17.5 Å². The molecule has 0 heterocycles. The van der Waals surface area contributed by atoms with E-state index >= 15 is 0 Å². The van der Waals surface area contributed by atoms with E-state index in [2.05, 4.69) is 15.9 Å². The molecular weight excluding hydrogens is 328 g/mol. The van der Waals surface area contributed by atoms with E-state index in [0.29, 0.717) is 10.5 Å². The molecule has 1 unspecified atom stereocenters. The van der Waals surface area contributed by atoms with E-state index in [1.807, 2.05) is 0 Å². The molecule has 6 heteroatoms. The van der Waals surface area contributed by atoms with Crippen LogP contribution in [0, 0.1) is 23.3 Å². The quantitative estimate of drug-likeness (QED) is 0.648. The Hall–Kier alpha value is -1.40. The molecule has 0 bridgehead atoms. The molecule has 0 radical (unpaired) electrons. The summed E-state index contributed by atoms with van der Waals surface area (Å²) in [5.74, 6) is -5.39. The first-order valence-corrected chi connectivity index (χ1v) is 5.97. The highest BCUT2D eigenvalue weighted by Gasteiger charge is 2.22. The molecule has 1 atom stereocenters. The van der Waals surface area contributed by atoms with Gasteiger partial charge in [0, 0.05) is 15.6 Å². The maximum atomic E-state index is 13.6. The fraction of sp³-hybridized carbons (Fsp3) is 0.0769. The summed E-state index contributed by atoms with van der Waals surface area (Å²) in [4.78, 5) is 0. The largest absolute Gasteiger partial charge is 0.383 e. The monoisotopic (exact) mass is 334 g/mol. The van der Waals surface area contributed by atoms with E-state index in [0.717, 1.165) is 12.1 Å². The van der Waals surface area contributed by atoms with Crippen molar-refractivity contribution >= 4 is 15.9 Å². The molecule has 100 valence electrons. The van der Waals surface area contributed by atoms with E-state index < -0.39 is 34.9 Å². The zero-order valence-electron chi connectivity index (χ0n) is 9.30. The summed E-state index contributed by atoms with van der Waals surface area (Å²) in [5.41, 5.74) is -0.756. The predicted octanol–water partition coefficient (Wildman–Crippen LogP) is 4.09. The molecule has 2 rings (SSSR count). The van der Waals surface area contributed by atoms with E-state index in [-0.39, 0.29) is 5.56 Å². The van der Waals surface area contributed by atoms with Crippen LogP contribution in [-0.4, -0.2) is 5.11 Å². The normalized spacial score (nSPS) is 12.5. The second-order valence-corrected chi connectivity index (χ2v) is 4.75. The standard InChI is InChI=1S/C13H7BrF4O/c14-6-1-2-7(10(16)5-6)13(19)8-3-4-9(15)12(18)11(8)17/h1-5,13,19H. The summed E-state index contributed by atoms with van der Waals surface area (Å²) in [6.07, 6.45) is -1.72. The summed E-state index contributed by atoms with van der Waals surface area (Å²) >= 11 is 3.03. The van der Waals surface area contributed by atoms with Gasteiger partial charge in [0.1, 0.15) is 11.9 Å². The fourth-order valence-corrected chi connectivity index (χ4v) is 1.98. The maximum absolute atomic E-state index is 13.6. The molecule has 1 nitrogen and oxygen atoms in total. The fourth-order valence-electron chi connectivity index (χ4n) is 1.64. The van der Waals surface area contributed by atoms with Crippen molar-refractivity contribution in [2.45, 2.75) is 6.10 Å². The smallest absolute Gasteiger partial charge is 0.194 e. The Labute approximate surface area is 114 Å². The molecule has 0 aliphatic carbocycles. The molecule has 0 spiro atoms. The third kappa shape index (κ3) is 2.64. The number of aliphatic hydroxyl groups is 1. The van der Waals surface area contributed by atoms with Gasteiger partial charge in [0.25, 0.3) is 0 Å². The van der Waals surface area contributed by atoms with Gasteiger partial charge in [-0.3, -0.25) is 0 Å². The van der Waals surface area contributed by atoms with Gasteiger partial charge in [-0.15, -0.1) is 0 Å². The average molecular weight is 335 g/mol.